The summed E-state index contributed by atoms with van der Waals surface area (Å²) >= 11 is 0. The second kappa shape index (κ2) is 11.6. The number of hydrogen-bond acceptors (Lipinski definition) is 5. The van der Waals surface area contributed by atoms with Crippen molar-refractivity contribution in [3.8, 4) is 11.3 Å². The lowest BCUT2D eigenvalue weighted by atomic mass is 9.84. The molecule has 0 saturated heterocycles. The number of benzene rings is 2. The quantitative estimate of drug-likeness (QED) is 0.384. The van der Waals surface area contributed by atoms with Crippen molar-refractivity contribution in [3.63, 3.8) is 0 Å². The number of aliphatic hydroxyl groups is 1. The van der Waals surface area contributed by atoms with Crippen LogP contribution in [0.5, 0.6) is 0 Å². The Kier molecular flexibility index (Phi) is 8.77. The largest absolute Gasteiger partial charge is 0.387 e. The summed E-state index contributed by atoms with van der Waals surface area (Å²) in [7, 11) is 0. The normalized spacial score (nSPS) is 13.3. The van der Waals surface area contributed by atoms with Crippen molar-refractivity contribution in [2.75, 3.05) is 13.2 Å². The van der Waals surface area contributed by atoms with E-state index < -0.39 is 47.6 Å². The van der Waals surface area contributed by atoms with Crippen molar-refractivity contribution in [3.05, 3.63) is 77.8 Å². The molecular formula is C27H33F2N5O3. The van der Waals surface area contributed by atoms with Crippen LogP contribution in [-0.2, 0) is 16.1 Å². The van der Waals surface area contributed by atoms with Crippen molar-refractivity contribution in [1.82, 2.24) is 14.5 Å². The number of nitrogens with zero attached hydrogens (tertiary/aromatic N) is 3. The maximum atomic E-state index is 14.7. The van der Waals surface area contributed by atoms with Gasteiger partial charge in [-0.3, -0.25) is 9.59 Å². The van der Waals surface area contributed by atoms with Crippen LogP contribution in [0.4, 0.5) is 8.78 Å². The summed E-state index contributed by atoms with van der Waals surface area (Å²) < 4.78 is 30.5. The number of carbonyl (C=O) groups is 2. The minimum atomic E-state index is -0.990. The molecule has 2 atom stereocenters. The Hall–Kier alpha value is -3.63. The summed E-state index contributed by atoms with van der Waals surface area (Å²) in [5.74, 6) is -2.15. The highest BCUT2D eigenvalue weighted by molar-refractivity contribution is 5.80. The molecule has 0 aliphatic rings. The number of hydrogen-bond donors (Lipinski definition) is 3. The molecule has 10 heteroatoms. The molecule has 0 spiro atoms. The van der Waals surface area contributed by atoms with Crippen LogP contribution in [0.25, 0.3) is 11.3 Å². The van der Waals surface area contributed by atoms with Gasteiger partial charge in [0.1, 0.15) is 24.1 Å². The minimum absolute atomic E-state index is 0.0171. The molecule has 0 bridgehead atoms. The molecule has 3 aromatic rings. The van der Waals surface area contributed by atoms with Gasteiger partial charge in [0.05, 0.1) is 17.8 Å². The molecule has 0 fully saturated rings. The van der Waals surface area contributed by atoms with E-state index in [-0.39, 0.29) is 24.2 Å². The third-order valence-corrected chi connectivity index (χ3v) is 6.09. The lowest BCUT2D eigenvalue weighted by molar-refractivity contribution is -0.140. The third-order valence-electron chi connectivity index (χ3n) is 6.09. The Morgan fingerprint density at radius 3 is 2.41 bits per heavy atom. The van der Waals surface area contributed by atoms with E-state index in [9.17, 15) is 23.5 Å². The van der Waals surface area contributed by atoms with Gasteiger partial charge < -0.3 is 26.0 Å². The van der Waals surface area contributed by atoms with Gasteiger partial charge in [0.15, 0.2) is 0 Å². The number of amides is 2. The standard InChI is InChI=1S/C27H33F2N5O3/c1-27(2,3)24(34(23(36)16-35)12-11-21(30)25(31)37)26-32-22(19-13-18(28)9-10-20(19)29)15-33(26)14-17-7-5-4-6-8-17/h4-10,13,15,21,24,35H,11-12,14,16,30H2,1-3H3,(H2,31,37). The lowest BCUT2D eigenvalue weighted by Crippen LogP contribution is -2.47. The first-order valence-corrected chi connectivity index (χ1v) is 11.9. The van der Waals surface area contributed by atoms with Crippen molar-refractivity contribution in [1.29, 1.82) is 0 Å². The highest BCUT2D eigenvalue weighted by Gasteiger charge is 2.38. The zero-order valence-corrected chi connectivity index (χ0v) is 21.2. The van der Waals surface area contributed by atoms with Gasteiger partial charge in [-0.1, -0.05) is 51.1 Å². The van der Waals surface area contributed by atoms with Crippen molar-refractivity contribution in [2.45, 2.75) is 45.8 Å². The molecule has 198 valence electrons. The summed E-state index contributed by atoms with van der Waals surface area (Å²) in [5, 5.41) is 9.76. The van der Waals surface area contributed by atoms with Crippen molar-refractivity contribution < 1.29 is 23.5 Å². The van der Waals surface area contributed by atoms with Gasteiger partial charge in [-0.15, -0.1) is 0 Å². The molecule has 2 unspecified atom stereocenters. The number of halogens is 2. The van der Waals surface area contributed by atoms with Gasteiger partial charge in [-0.05, 0) is 35.6 Å². The molecule has 1 heterocycles. The fourth-order valence-corrected chi connectivity index (χ4v) is 4.28. The summed E-state index contributed by atoms with van der Waals surface area (Å²) in [4.78, 5) is 30.6. The van der Waals surface area contributed by atoms with E-state index in [2.05, 4.69) is 0 Å². The number of aliphatic hydroxyl groups excluding tert-OH is 1. The summed E-state index contributed by atoms with van der Waals surface area (Å²) in [5.41, 5.74) is 11.6. The first kappa shape index (κ1) is 27.9. The van der Waals surface area contributed by atoms with E-state index in [1.165, 1.54) is 4.90 Å². The number of imidazole rings is 1. The molecule has 8 nitrogen and oxygen atoms in total. The van der Waals surface area contributed by atoms with E-state index in [1.807, 2.05) is 51.1 Å². The van der Waals surface area contributed by atoms with Gasteiger partial charge in [0.25, 0.3) is 0 Å². The zero-order valence-electron chi connectivity index (χ0n) is 21.2. The average Bonchev–Trinajstić information content (AvgIpc) is 3.24. The van der Waals surface area contributed by atoms with E-state index in [0.717, 1.165) is 23.8 Å². The molecule has 0 aliphatic heterocycles. The minimum Gasteiger partial charge on any atom is -0.387 e. The average molecular weight is 514 g/mol. The molecule has 2 aromatic carbocycles. The molecule has 0 aliphatic carbocycles. The topological polar surface area (TPSA) is 127 Å². The molecule has 5 N–H and O–H groups in total. The van der Waals surface area contributed by atoms with Crippen LogP contribution in [0, 0.1) is 17.0 Å². The predicted molar refractivity (Wildman–Crippen MR) is 136 cm³/mol. The molecule has 1 aromatic heterocycles. The van der Waals surface area contributed by atoms with E-state index >= 15 is 0 Å². The smallest absolute Gasteiger partial charge is 0.248 e. The van der Waals surface area contributed by atoms with Crippen molar-refractivity contribution >= 4 is 11.8 Å². The molecule has 3 rings (SSSR count). The molecule has 0 radical (unpaired) electrons. The maximum absolute atomic E-state index is 14.7. The number of rotatable bonds is 10. The maximum Gasteiger partial charge on any atom is 0.248 e. The van der Waals surface area contributed by atoms with E-state index in [0.29, 0.717) is 12.4 Å². The van der Waals surface area contributed by atoms with Crippen LogP contribution in [0.2, 0.25) is 0 Å². The van der Waals surface area contributed by atoms with Gasteiger partial charge in [0, 0.05) is 24.8 Å². The second-order valence-electron chi connectivity index (χ2n) is 10.0. The number of primary amides is 1. The Balaban J connectivity index is 2.18. The SMILES string of the molecule is CC(C)(C)C(c1nc(-c2cc(F)ccc2F)cn1Cc1ccccc1)N(CCC(N)C(N)=O)C(=O)CO. The molecular weight excluding hydrogens is 480 g/mol. The molecule has 37 heavy (non-hydrogen) atoms. The lowest BCUT2D eigenvalue weighted by Gasteiger charge is -2.40. The van der Waals surface area contributed by atoms with Gasteiger partial charge in [-0.25, -0.2) is 13.8 Å². The van der Waals surface area contributed by atoms with Crippen LogP contribution < -0.4 is 11.5 Å². The van der Waals surface area contributed by atoms with Crippen molar-refractivity contribution in [2.24, 2.45) is 16.9 Å². The number of aromatic nitrogens is 2. The van der Waals surface area contributed by atoms with Crippen LogP contribution in [-0.4, -0.2) is 50.6 Å². The fourth-order valence-electron chi connectivity index (χ4n) is 4.28. The fraction of sp³-hybridized carbons (Fsp3) is 0.370. The van der Waals surface area contributed by atoms with Crippen LogP contribution in [0.1, 0.15) is 44.6 Å². The summed E-state index contributed by atoms with van der Waals surface area (Å²) in [6.45, 7) is 5.28. The third kappa shape index (κ3) is 6.78. The number of carbonyl (C=O) groups excluding carboxylic acids is 2. The van der Waals surface area contributed by atoms with Gasteiger partial charge in [0.2, 0.25) is 11.8 Å². The highest BCUT2D eigenvalue weighted by Crippen LogP contribution is 2.39. The predicted octanol–water partition coefficient (Wildman–Crippen LogP) is 2.99. The Morgan fingerprint density at radius 2 is 1.81 bits per heavy atom. The van der Waals surface area contributed by atoms with E-state index in [1.54, 1.807) is 10.8 Å². The van der Waals surface area contributed by atoms with Crippen LogP contribution in [0.3, 0.4) is 0 Å². The highest BCUT2D eigenvalue weighted by atomic mass is 19.1. The molecule has 2 amide bonds. The monoisotopic (exact) mass is 513 g/mol. The van der Waals surface area contributed by atoms with Gasteiger partial charge in [-0.2, -0.15) is 0 Å². The van der Waals surface area contributed by atoms with Gasteiger partial charge >= 0.3 is 0 Å². The second-order valence-corrected chi connectivity index (χ2v) is 10.0. The first-order valence-electron chi connectivity index (χ1n) is 11.9. The number of nitrogens with two attached hydrogens (primary N) is 2. The Bertz CT molecular complexity index is 1240. The Labute approximate surface area is 214 Å². The summed E-state index contributed by atoms with van der Waals surface area (Å²) in [6.07, 6.45) is 1.69. The van der Waals surface area contributed by atoms with Crippen LogP contribution >= 0.6 is 0 Å². The zero-order chi connectivity index (χ0) is 27.3. The first-order chi connectivity index (χ1) is 17.4. The van der Waals surface area contributed by atoms with Crippen LogP contribution in [0.15, 0.2) is 54.7 Å². The van der Waals surface area contributed by atoms with E-state index in [4.69, 9.17) is 16.5 Å². The molecule has 0 saturated carbocycles. The Morgan fingerprint density at radius 1 is 1.14 bits per heavy atom. The summed E-state index contributed by atoms with van der Waals surface area (Å²) in [6, 6.07) is 10.9.